The van der Waals surface area contributed by atoms with Gasteiger partial charge in [-0.05, 0) is 42.4 Å². The lowest BCUT2D eigenvalue weighted by Crippen LogP contribution is -2.27. The molecule has 0 aliphatic heterocycles. The molecule has 0 aromatic rings. The van der Waals surface area contributed by atoms with Crippen molar-refractivity contribution >= 4 is 0 Å². The number of fused-ring (bicyclic) bond motifs is 2. The summed E-state index contributed by atoms with van der Waals surface area (Å²) < 4.78 is 0. The third-order valence-corrected chi connectivity index (χ3v) is 4.66. The maximum Gasteiger partial charge on any atom is -0.00672 e. The largest absolute Gasteiger partial charge is 0.103 e. The lowest BCUT2D eigenvalue weighted by Gasteiger charge is -2.35. The summed E-state index contributed by atoms with van der Waals surface area (Å²) >= 11 is 0. The molecule has 0 heteroatoms. The molecule has 62 valence electrons. The van der Waals surface area contributed by atoms with Gasteiger partial charge in [-0.2, -0.15) is 0 Å². The lowest BCUT2D eigenvalue weighted by molar-refractivity contribution is 0.189. The Kier molecular flexibility index (Phi) is 1.28. The predicted octanol–water partition coefficient (Wildman–Crippen LogP) is 3.39. The van der Waals surface area contributed by atoms with Crippen LogP contribution in [0.5, 0.6) is 0 Å². The van der Waals surface area contributed by atoms with Crippen LogP contribution in [-0.2, 0) is 0 Å². The molecule has 0 saturated heterocycles. The standard InChI is InChI=1S/C11H18/c1-4-11(3)9-5-7-10(11,2)8-6-9/h4,9H,1,5-8H2,2-3H3. The van der Waals surface area contributed by atoms with Crippen LogP contribution < -0.4 is 0 Å². The number of rotatable bonds is 1. The van der Waals surface area contributed by atoms with Crippen LogP contribution >= 0.6 is 0 Å². The van der Waals surface area contributed by atoms with E-state index in [2.05, 4.69) is 26.5 Å². The molecule has 2 aliphatic carbocycles. The van der Waals surface area contributed by atoms with Gasteiger partial charge in [0.1, 0.15) is 0 Å². The molecule has 0 N–H and O–H groups in total. The summed E-state index contributed by atoms with van der Waals surface area (Å²) in [5.74, 6) is 0.949. The van der Waals surface area contributed by atoms with E-state index in [1.807, 2.05) is 0 Å². The smallest absolute Gasteiger partial charge is 0.00672 e. The van der Waals surface area contributed by atoms with Gasteiger partial charge in [0.25, 0.3) is 0 Å². The van der Waals surface area contributed by atoms with Gasteiger partial charge >= 0.3 is 0 Å². The van der Waals surface area contributed by atoms with Crippen LogP contribution in [0.4, 0.5) is 0 Å². The highest BCUT2D eigenvalue weighted by Crippen LogP contribution is 2.66. The van der Waals surface area contributed by atoms with E-state index in [0.29, 0.717) is 10.8 Å². The minimum Gasteiger partial charge on any atom is -0.103 e. The molecular formula is C11H18. The monoisotopic (exact) mass is 150 g/mol. The third-order valence-electron chi connectivity index (χ3n) is 4.66. The minimum atomic E-state index is 0.465. The SMILES string of the molecule is C=CC1(C)C2CCC1(C)CC2. The van der Waals surface area contributed by atoms with E-state index in [0.717, 1.165) is 5.92 Å². The molecule has 0 spiro atoms. The summed E-state index contributed by atoms with van der Waals surface area (Å²) in [6.45, 7) is 8.85. The van der Waals surface area contributed by atoms with Crippen LogP contribution in [0.25, 0.3) is 0 Å². The van der Waals surface area contributed by atoms with Crippen LogP contribution in [0.3, 0.4) is 0 Å². The van der Waals surface area contributed by atoms with Gasteiger partial charge in [-0.1, -0.05) is 19.9 Å². The normalized spacial score (nSPS) is 54.9. The Morgan fingerprint density at radius 2 is 1.82 bits per heavy atom. The van der Waals surface area contributed by atoms with Crippen molar-refractivity contribution in [2.24, 2.45) is 16.7 Å². The first-order valence-electron chi connectivity index (χ1n) is 4.76. The Morgan fingerprint density at radius 1 is 1.27 bits per heavy atom. The molecule has 2 bridgehead atoms. The summed E-state index contributed by atoms with van der Waals surface area (Å²) in [6.07, 6.45) is 7.97. The fraction of sp³-hybridized carbons (Fsp3) is 0.818. The zero-order valence-electron chi connectivity index (χ0n) is 7.69. The quantitative estimate of drug-likeness (QED) is 0.503. The Bertz CT molecular complexity index is 184. The van der Waals surface area contributed by atoms with Crippen LogP contribution in [0.2, 0.25) is 0 Å². The van der Waals surface area contributed by atoms with Gasteiger partial charge in [-0.3, -0.25) is 0 Å². The molecule has 2 aliphatic rings. The minimum absolute atomic E-state index is 0.465. The molecule has 0 heterocycles. The predicted molar refractivity (Wildman–Crippen MR) is 48.4 cm³/mol. The summed E-state index contributed by atoms with van der Waals surface area (Å²) in [5.41, 5.74) is 1.06. The van der Waals surface area contributed by atoms with Crippen molar-refractivity contribution in [1.29, 1.82) is 0 Å². The average Bonchev–Trinajstić information content (AvgIpc) is 2.39. The van der Waals surface area contributed by atoms with Crippen molar-refractivity contribution in [1.82, 2.24) is 0 Å². The number of hydrogen-bond acceptors (Lipinski definition) is 0. The first-order chi connectivity index (χ1) is 5.12. The number of hydrogen-bond donors (Lipinski definition) is 0. The van der Waals surface area contributed by atoms with Crippen molar-refractivity contribution < 1.29 is 0 Å². The molecule has 2 fully saturated rings. The van der Waals surface area contributed by atoms with E-state index in [1.165, 1.54) is 25.7 Å². The van der Waals surface area contributed by atoms with E-state index in [1.54, 1.807) is 0 Å². The second-order valence-electron chi connectivity index (χ2n) is 4.82. The molecular weight excluding hydrogens is 132 g/mol. The van der Waals surface area contributed by atoms with Gasteiger partial charge in [-0.25, -0.2) is 0 Å². The summed E-state index contributed by atoms with van der Waals surface area (Å²) in [5, 5.41) is 0. The van der Waals surface area contributed by atoms with Gasteiger partial charge < -0.3 is 0 Å². The fourth-order valence-corrected chi connectivity index (χ4v) is 3.30. The fourth-order valence-electron chi connectivity index (χ4n) is 3.30. The second-order valence-corrected chi connectivity index (χ2v) is 4.82. The Hall–Kier alpha value is -0.260. The molecule has 1 atom stereocenters. The molecule has 1 unspecified atom stereocenters. The van der Waals surface area contributed by atoms with Crippen molar-refractivity contribution in [3.63, 3.8) is 0 Å². The van der Waals surface area contributed by atoms with Crippen LogP contribution in [0, 0.1) is 16.7 Å². The molecule has 0 nitrogen and oxygen atoms in total. The molecule has 0 amide bonds. The van der Waals surface area contributed by atoms with Crippen LogP contribution in [0.1, 0.15) is 39.5 Å². The van der Waals surface area contributed by atoms with Crippen molar-refractivity contribution in [2.45, 2.75) is 39.5 Å². The molecule has 0 aromatic carbocycles. The summed E-state index contributed by atoms with van der Waals surface area (Å²) in [4.78, 5) is 0. The molecule has 2 saturated carbocycles. The van der Waals surface area contributed by atoms with Gasteiger partial charge in [0.05, 0.1) is 0 Å². The van der Waals surface area contributed by atoms with Crippen molar-refractivity contribution in [3.05, 3.63) is 12.7 Å². The molecule has 0 aromatic heterocycles. The lowest BCUT2D eigenvalue weighted by atomic mass is 9.70. The van der Waals surface area contributed by atoms with Crippen LogP contribution in [0.15, 0.2) is 12.7 Å². The van der Waals surface area contributed by atoms with E-state index in [4.69, 9.17) is 0 Å². The number of allylic oxidation sites excluding steroid dienone is 1. The highest BCUT2D eigenvalue weighted by atomic mass is 14.6. The molecule has 11 heavy (non-hydrogen) atoms. The van der Waals surface area contributed by atoms with Crippen molar-refractivity contribution in [3.8, 4) is 0 Å². The van der Waals surface area contributed by atoms with Gasteiger partial charge in [0, 0.05) is 0 Å². The van der Waals surface area contributed by atoms with Gasteiger partial charge in [0.15, 0.2) is 0 Å². The highest BCUT2D eigenvalue weighted by Gasteiger charge is 2.56. The Balaban J connectivity index is 2.41. The van der Waals surface area contributed by atoms with Crippen molar-refractivity contribution in [2.75, 3.05) is 0 Å². The third kappa shape index (κ3) is 0.660. The topological polar surface area (TPSA) is 0 Å². The van der Waals surface area contributed by atoms with Crippen LogP contribution in [-0.4, -0.2) is 0 Å². The average molecular weight is 150 g/mol. The van der Waals surface area contributed by atoms with E-state index < -0.39 is 0 Å². The van der Waals surface area contributed by atoms with E-state index in [9.17, 15) is 0 Å². The molecule has 2 rings (SSSR count). The molecule has 0 radical (unpaired) electrons. The maximum atomic E-state index is 4.00. The van der Waals surface area contributed by atoms with Gasteiger partial charge in [-0.15, -0.1) is 6.58 Å². The Labute approximate surface area is 69.7 Å². The second kappa shape index (κ2) is 1.91. The summed E-state index contributed by atoms with van der Waals surface area (Å²) in [7, 11) is 0. The first kappa shape index (κ1) is 7.39. The zero-order chi connectivity index (χ0) is 8.11. The van der Waals surface area contributed by atoms with Gasteiger partial charge in [0.2, 0.25) is 0 Å². The zero-order valence-corrected chi connectivity index (χ0v) is 7.69. The maximum absolute atomic E-state index is 4.00. The highest BCUT2D eigenvalue weighted by molar-refractivity contribution is 5.15. The summed E-state index contributed by atoms with van der Waals surface area (Å²) in [6, 6.07) is 0. The van der Waals surface area contributed by atoms with E-state index in [-0.39, 0.29) is 0 Å². The first-order valence-corrected chi connectivity index (χ1v) is 4.76. The van der Waals surface area contributed by atoms with E-state index >= 15 is 0 Å². The Morgan fingerprint density at radius 3 is 2.00 bits per heavy atom.